The minimum atomic E-state index is -0.152. The molecule has 1 aliphatic rings. The number of anilines is 1. The molecule has 2 rings (SSSR count). The Hall–Kier alpha value is -0.880. The van der Waals surface area contributed by atoms with Crippen LogP contribution in [0.5, 0.6) is 0 Å². The zero-order chi connectivity index (χ0) is 11.7. The number of aromatic nitrogens is 2. The van der Waals surface area contributed by atoms with Gasteiger partial charge in [0.25, 0.3) is 5.56 Å². The molecule has 0 radical (unpaired) electrons. The molecule has 1 saturated heterocycles. The predicted octanol–water partition coefficient (Wildman–Crippen LogP) is 0.706. The van der Waals surface area contributed by atoms with Crippen LogP contribution in [-0.4, -0.2) is 29.1 Å². The van der Waals surface area contributed by atoms with E-state index in [9.17, 15) is 4.79 Å². The van der Waals surface area contributed by atoms with Crippen LogP contribution < -0.4 is 16.2 Å². The first-order chi connectivity index (χ1) is 7.65. The van der Waals surface area contributed by atoms with E-state index in [0.29, 0.717) is 22.8 Å². The van der Waals surface area contributed by atoms with Gasteiger partial charge in [0.15, 0.2) is 5.82 Å². The van der Waals surface area contributed by atoms with Crippen LogP contribution in [0.3, 0.4) is 0 Å². The zero-order valence-electron chi connectivity index (χ0n) is 9.11. The zero-order valence-corrected chi connectivity index (χ0v) is 10.7. The van der Waals surface area contributed by atoms with Gasteiger partial charge in [0.1, 0.15) is 4.47 Å². The predicted molar refractivity (Wildman–Crippen MR) is 66.5 cm³/mol. The van der Waals surface area contributed by atoms with Gasteiger partial charge in [-0.1, -0.05) is 6.92 Å². The summed E-state index contributed by atoms with van der Waals surface area (Å²) in [6.07, 6.45) is 2.52. The van der Waals surface area contributed by atoms with Crippen LogP contribution in [0.1, 0.15) is 13.3 Å². The molecule has 88 valence electrons. The van der Waals surface area contributed by atoms with E-state index in [0.717, 1.165) is 13.0 Å². The van der Waals surface area contributed by atoms with Gasteiger partial charge >= 0.3 is 0 Å². The Morgan fingerprint density at radius 3 is 3.19 bits per heavy atom. The summed E-state index contributed by atoms with van der Waals surface area (Å²) in [5.74, 6) is 1.24. The number of nitrogens with one attached hydrogen (secondary N) is 1. The molecule has 2 heterocycles. The van der Waals surface area contributed by atoms with Crippen LogP contribution in [0, 0.1) is 5.92 Å². The molecule has 0 bridgehead atoms. The first kappa shape index (κ1) is 11.6. The summed E-state index contributed by atoms with van der Waals surface area (Å²) in [6.45, 7) is 3.67. The number of hydrogen-bond acceptors (Lipinski definition) is 4. The van der Waals surface area contributed by atoms with Crippen molar-refractivity contribution in [1.29, 1.82) is 0 Å². The van der Waals surface area contributed by atoms with Crippen LogP contribution in [0.25, 0.3) is 0 Å². The Bertz CT molecular complexity index is 433. The summed E-state index contributed by atoms with van der Waals surface area (Å²) < 4.78 is 0.488. The topological polar surface area (TPSA) is 75.0 Å². The van der Waals surface area contributed by atoms with Crippen LogP contribution in [-0.2, 0) is 0 Å². The Morgan fingerprint density at radius 2 is 2.50 bits per heavy atom. The largest absolute Gasteiger partial charge is 0.351 e. The maximum absolute atomic E-state index is 11.5. The van der Waals surface area contributed by atoms with Crippen molar-refractivity contribution in [3.63, 3.8) is 0 Å². The second kappa shape index (κ2) is 4.55. The molecule has 1 fully saturated rings. The van der Waals surface area contributed by atoms with Crippen molar-refractivity contribution in [2.45, 2.75) is 19.4 Å². The highest BCUT2D eigenvalue weighted by Crippen LogP contribution is 2.30. The summed E-state index contributed by atoms with van der Waals surface area (Å²) in [6, 6.07) is 0.269. The van der Waals surface area contributed by atoms with Gasteiger partial charge in [0.05, 0.1) is 6.33 Å². The average Bonchev–Trinajstić information content (AvgIpc) is 2.63. The lowest BCUT2D eigenvalue weighted by atomic mass is 10.0. The monoisotopic (exact) mass is 286 g/mol. The van der Waals surface area contributed by atoms with Gasteiger partial charge in [-0.25, -0.2) is 4.98 Å². The SMILES string of the molecule is CC1CCN(c2nc[nH]c(=O)c2Br)C1CN. The molecule has 0 aromatic carbocycles. The van der Waals surface area contributed by atoms with E-state index in [-0.39, 0.29) is 11.6 Å². The summed E-state index contributed by atoms with van der Waals surface area (Å²) in [7, 11) is 0. The first-order valence-corrected chi connectivity index (χ1v) is 6.14. The van der Waals surface area contributed by atoms with E-state index in [4.69, 9.17) is 5.73 Å². The molecule has 3 N–H and O–H groups in total. The fourth-order valence-electron chi connectivity index (χ4n) is 2.20. The smallest absolute Gasteiger partial charge is 0.267 e. The lowest BCUT2D eigenvalue weighted by Crippen LogP contribution is -2.39. The number of nitrogens with zero attached hydrogens (tertiary/aromatic N) is 2. The molecular formula is C10H15BrN4O. The van der Waals surface area contributed by atoms with E-state index in [1.807, 2.05) is 0 Å². The molecule has 6 heteroatoms. The quantitative estimate of drug-likeness (QED) is 0.840. The molecule has 1 aromatic heterocycles. The number of nitrogens with two attached hydrogens (primary N) is 1. The van der Waals surface area contributed by atoms with E-state index < -0.39 is 0 Å². The lowest BCUT2D eigenvalue weighted by Gasteiger charge is -2.27. The van der Waals surface area contributed by atoms with Gasteiger partial charge in [0, 0.05) is 19.1 Å². The highest BCUT2D eigenvalue weighted by Gasteiger charge is 2.32. The molecule has 2 unspecified atom stereocenters. The highest BCUT2D eigenvalue weighted by molar-refractivity contribution is 9.10. The molecule has 1 aromatic rings. The minimum Gasteiger partial charge on any atom is -0.351 e. The van der Waals surface area contributed by atoms with Gasteiger partial charge in [-0.2, -0.15) is 0 Å². The highest BCUT2D eigenvalue weighted by atomic mass is 79.9. The van der Waals surface area contributed by atoms with Crippen molar-refractivity contribution in [1.82, 2.24) is 9.97 Å². The molecule has 16 heavy (non-hydrogen) atoms. The molecule has 2 atom stereocenters. The van der Waals surface area contributed by atoms with Crippen molar-refractivity contribution in [2.24, 2.45) is 11.7 Å². The number of H-pyrrole nitrogens is 1. The molecule has 0 aliphatic carbocycles. The van der Waals surface area contributed by atoms with Gasteiger partial charge in [-0.15, -0.1) is 0 Å². The van der Waals surface area contributed by atoms with Gasteiger partial charge < -0.3 is 15.6 Å². The number of hydrogen-bond donors (Lipinski definition) is 2. The van der Waals surface area contributed by atoms with E-state index >= 15 is 0 Å². The van der Waals surface area contributed by atoms with Crippen molar-refractivity contribution >= 4 is 21.7 Å². The Morgan fingerprint density at radius 1 is 1.75 bits per heavy atom. The van der Waals surface area contributed by atoms with Crippen LogP contribution in [0.15, 0.2) is 15.6 Å². The second-order valence-corrected chi connectivity index (χ2v) is 4.92. The van der Waals surface area contributed by atoms with E-state index in [1.165, 1.54) is 6.33 Å². The van der Waals surface area contributed by atoms with Crippen molar-refractivity contribution in [3.8, 4) is 0 Å². The third-order valence-corrected chi connectivity index (χ3v) is 3.89. The Kier molecular flexibility index (Phi) is 3.30. The van der Waals surface area contributed by atoms with Crippen molar-refractivity contribution < 1.29 is 0 Å². The van der Waals surface area contributed by atoms with Gasteiger partial charge in [-0.3, -0.25) is 4.79 Å². The Balaban J connectivity index is 2.37. The third-order valence-electron chi connectivity index (χ3n) is 3.17. The summed E-state index contributed by atoms with van der Waals surface area (Å²) in [4.78, 5) is 20.3. The summed E-state index contributed by atoms with van der Waals surface area (Å²) in [5, 5.41) is 0. The minimum absolute atomic E-state index is 0.152. The molecule has 0 saturated carbocycles. The number of aromatic amines is 1. The molecule has 1 aliphatic heterocycles. The summed E-state index contributed by atoms with van der Waals surface area (Å²) in [5.41, 5.74) is 5.62. The van der Waals surface area contributed by atoms with Crippen LogP contribution in [0.2, 0.25) is 0 Å². The molecule has 5 nitrogen and oxygen atoms in total. The fraction of sp³-hybridized carbons (Fsp3) is 0.600. The van der Waals surface area contributed by atoms with Crippen molar-refractivity contribution in [2.75, 3.05) is 18.0 Å². The second-order valence-electron chi connectivity index (χ2n) is 4.13. The maximum Gasteiger partial charge on any atom is 0.267 e. The first-order valence-electron chi connectivity index (χ1n) is 5.35. The Labute approximate surface area is 102 Å². The number of rotatable bonds is 2. The molecule has 0 amide bonds. The van der Waals surface area contributed by atoms with E-state index in [2.05, 4.69) is 37.7 Å². The van der Waals surface area contributed by atoms with Gasteiger partial charge in [-0.05, 0) is 28.3 Å². The number of halogens is 1. The van der Waals surface area contributed by atoms with E-state index in [1.54, 1.807) is 0 Å². The van der Waals surface area contributed by atoms with Crippen molar-refractivity contribution in [3.05, 3.63) is 21.2 Å². The van der Waals surface area contributed by atoms with Crippen LogP contribution in [0.4, 0.5) is 5.82 Å². The normalized spacial score (nSPS) is 25.1. The van der Waals surface area contributed by atoms with Gasteiger partial charge in [0.2, 0.25) is 0 Å². The van der Waals surface area contributed by atoms with Crippen LogP contribution >= 0.6 is 15.9 Å². The standard InChI is InChI=1S/C10H15BrN4O/c1-6-2-3-15(7(6)4-12)9-8(11)10(16)14-5-13-9/h5-7H,2-4,12H2,1H3,(H,13,14,16). The molecule has 0 spiro atoms. The maximum atomic E-state index is 11.5. The fourth-order valence-corrected chi connectivity index (χ4v) is 2.65. The molecular weight excluding hydrogens is 272 g/mol. The third kappa shape index (κ3) is 1.87. The average molecular weight is 287 g/mol. The summed E-state index contributed by atoms with van der Waals surface area (Å²) >= 11 is 3.28. The lowest BCUT2D eigenvalue weighted by molar-refractivity contribution is 0.517.